The van der Waals surface area contributed by atoms with Gasteiger partial charge in [0.2, 0.25) is 11.8 Å². The fraction of sp³-hybridized carbons (Fsp3) is 0.333. The minimum absolute atomic E-state index is 0.0361. The van der Waals surface area contributed by atoms with Crippen LogP contribution in [0.5, 0.6) is 0 Å². The van der Waals surface area contributed by atoms with Crippen LogP contribution in [0, 0.1) is 0 Å². The van der Waals surface area contributed by atoms with E-state index in [4.69, 9.17) is 23.2 Å². The molecule has 0 bridgehead atoms. The molecule has 3 aromatic rings. The number of rotatable bonds is 12. The third-order valence-corrected chi connectivity index (χ3v) is 8.92. The van der Waals surface area contributed by atoms with Crippen LogP contribution >= 0.6 is 23.2 Å². The molecule has 0 unspecified atom stereocenters. The average Bonchev–Trinajstić information content (AvgIpc) is 2.93. The van der Waals surface area contributed by atoms with Crippen LogP contribution in [0.2, 0.25) is 10.0 Å². The average molecular weight is 605 g/mol. The highest BCUT2D eigenvalue weighted by molar-refractivity contribution is 7.92. The summed E-state index contributed by atoms with van der Waals surface area (Å²) < 4.78 is 29.1. The van der Waals surface area contributed by atoms with Crippen molar-refractivity contribution >= 4 is 50.7 Å². The Kier molecular flexibility index (Phi) is 11.0. The number of anilines is 1. The van der Waals surface area contributed by atoms with Crippen molar-refractivity contribution in [3.05, 3.63) is 94.0 Å². The number of hydrogen-bond acceptors (Lipinski definition) is 4. The van der Waals surface area contributed by atoms with Crippen LogP contribution in [0.25, 0.3) is 0 Å². The number of sulfonamides is 1. The topological polar surface area (TPSA) is 86.8 Å². The van der Waals surface area contributed by atoms with Gasteiger partial charge in [0.25, 0.3) is 10.0 Å². The van der Waals surface area contributed by atoms with Crippen LogP contribution in [-0.2, 0) is 32.6 Å². The Labute approximate surface area is 247 Å². The zero-order chi connectivity index (χ0) is 29.4. The van der Waals surface area contributed by atoms with E-state index in [0.717, 1.165) is 9.87 Å². The summed E-state index contributed by atoms with van der Waals surface area (Å²) in [7, 11) is -4.13. The molecule has 0 aromatic heterocycles. The molecule has 214 valence electrons. The van der Waals surface area contributed by atoms with Gasteiger partial charge in [-0.05, 0) is 68.1 Å². The largest absolute Gasteiger partial charge is 0.352 e. The predicted octanol–water partition coefficient (Wildman–Crippen LogP) is 6.08. The quantitative estimate of drug-likeness (QED) is 0.272. The fourth-order valence-corrected chi connectivity index (χ4v) is 6.21. The maximum Gasteiger partial charge on any atom is 0.264 e. The number of nitrogens with zero attached hydrogens (tertiary/aromatic N) is 2. The summed E-state index contributed by atoms with van der Waals surface area (Å²) in [5.74, 6) is -0.848. The van der Waals surface area contributed by atoms with Crippen molar-refractivity contribution in [3.63, 3.8) is 0 Å². The van der Waals surface area contributed by atoms with E-state index in [9.17, 15) is 18.0 Å². The van der Waals surface area contributed by atoms with Gasteiger partial charge >= 0.3 is 0 Å². The Morgan fingerprint density at radius 3 is 2.15 bits per heavy atom. The van der Waals surface area contributed by atoms with Crippen molar-refractivity contribution in [2.45, 2.75) is 64.1 Å². The first-order chi connectivity index (χ1) is 19.0. The number of benzene rings is 3. The van der Waals surface area contributed by atoms with Crippen molar-refractivity contribution < 1.29 is 18.0 Å². The second-order valence-electron chi connectivity index (χ2n) is 9.66. The van der Waals surface area contributed by atoms with E-state index in [1.807, 2.05) is 39.8 Å². The van der Waals surface area contributed by atoms with Crippen LogP contribution in [0.15, 0.2) is 77.7 Å². The molecule has 10 heteroatoms. The molecule has 40 heavy (non-hydrogen) atoms. The summed E-state index contributed by atoms with van der Waals surface area (Å²) in [5, 5.41) is 3.56. The number of amides is 2. The van der Waals surface area contributed by atoms with E-state index >= 15 is 0 Å². The lowest BCUT2D eigenvalue weighted by atomic mass is 10.1. The van der Waals surface area contributed by atoms with E-state index in [0.29, 0.717) is 34.1 Å². The van der Waals surface area contributed by atoms with Gasteiger partial charge in [-0.25, -0.2) is 8.42 Å². The molecule has 7 nitrogen and oxygen atoms in total. The molecule has 1 N–H and O–H groups in total. The first-order valence-electron chi connectivity index (χ1n) is 13.2. The molecule has 0 aliphatic heterocycles. The summed E-state index contributed by atoms with van der Waals surface area (Å²) in [6.07, 6.45) is 0.884. The number of carbonyl (C=O) groups excluding carboxylic acids is 2. The minimum atomic E-state index is -4.13. The normalized spacial score (nSPS) is 12.2. The van der Waals surface area contributed by atoms with Crippen molar-refractivity contribution in [3.8, 4) is 0 Å². The van der Waals surface area contributed by atoms with Gasteiger partial charge in [-0.3, -0.25) is 13.9 Å². The van der Waals surface area contributed by atoms with E-state index in [2.05, 4.69) is 5.32 Å². The zero-order valence-corrected chi connectivity index (χ0v) is 25.4. The molecule has 0 aliphatic rings. The molecule has 3 aromatic carbocycles. The first kappa shape index (κ1) is 31.5. The maximum absolute atomic E-state index is 14.1. The van der Waals surface area contributed by atoms with Crippen molar-refractivity contribution in [2.24, 2.45) is 0 Å². The molecule has 0 saturated carbocycles. The van der Waals surface area contributed by atoms with Crippen LogP contribution in [0.4, 0.5) is 5.69 Å². The number of halogens is 2. The Morgan fingerprint density at radius 2 is 1.55 bits per heavy atom. The van der Waals surface area contributed by atoms with E-state index < -0.39 is 28.5 Å². The van der Waals surface area contributed by atoms with Crippen LogP contribution in [0.3, 0.4) is 0 Å². The molecule has 0 fully saturated rings. The molecule has 0 spiro atoms. The Balaban J connectivity index is 2.10. The second kappa shape index (κ2) is 14.0. The van der Waals surface area contributed by atoms with Crippen LogP contribution < -0.4 is 9.62 Å². The number of para-hydroxylation sites is 1. The molecule has 0 heterocycles. The molecule has 0 saturated heterocycles. The van der Waals surface area contributed by atoms with E-state index in [-0.39, 0.29) is 23.4 Å². The SMILES string of the molecule is CCc1ccccc1N(CC(=O)N(Cc1ccc(Cl)c(Cl)c1)[C@@H](CC)C(=O)NC(C)C)S(=O)(=O)c1ccccc1. The van der Waals surface area contributed by atoms with Crippen molar-refractivity contribution in [1.29, 1.82) is 0 Å². The van der Waals surface area contributed by atoms with Gasteiger partial charge in [-0.2, -0.15) is 0 Å². The summed E-state index contributed by atoms with van der Waals surface area (Å²) in [6, 6.07) is 19.1. The smallest absolute Gasteiger partial charge is 0.264 e. The minimum Gasteiger partial charge on any atom is -0.352 e. The van der Waals surface area contributed by atoms with Crippen molar-refractivity contribution in [1.82, 2.24) is 10.2 Å². The molecular formula is C30H35Cl2N3O4S. The van der Waals surface area contributed by atoms with Gasteiger partial charge < -0.3 is 10.2 Å². The van der Waals surface area contributed by atoms with Crippen LogP contribution in [0.1, 0.15) is 45.2 Å². The molecule has 1 atom stereocenters. The second-order valence-corrected chi connectivity index (χ2v) is 12.3. The highest BCUT2D eigenvalue weighted by Crippen LogP contribution is 2.29. The lowest BCUT2D eigenvalue weighted by molar-refractivity contribution is -0.140. The number of hydrogen-bond donors (Lipinski definition) is 1. The summed E-state index contributed by atoms with van der Waals surface area (Å²) in [6.45, 7) is 6.95. The summed E-state index contributed by atoms with van der Waals surface area (Å²) in [5.41, 5.74) is 1.84. The Bertz CT molecular complexity index is 1430. The maximum atomic E-state index is 14.1. The predicted molar refractivity (Wildman–Crippen MR) is 161 cm³/mol. The summed E-state index contributed by atoms with van der Waals surface area (Å²) >= 11 is 12.3. The van der Waals surface area contributed by atoms with Crippen LogP contribution in [-0.4, -0.2) is 43.8 Å². The third-order valence-electron chi connectivity index (χ3n) is 6.41. The van der Waals surface area contributed by atoms with Gasteiger partial charge in [-0.1, -0.05) is 79.5 Å². The van der Waals surface area contributed by atoms with Crippen molar-refractivity contribution in [2.75, 3.05) is 10.8 Å². The summed E-state index contributed by atoms with van der Waals surface area (Å²) in [4.78, 5) is 28.8. The standard InChI is InChI=1S/C30H35Cl2N3O4S/c1-5-23-12-10-11-15-28(23)35(40(38,39)24-13-8-7-9-14-24)20-29(36)34(27(6-2)30(37)33-21(3)4)19-22-16-17-25(31)26(32)18-22/h7-18,21,27H,5-6,19-20H2,1-4H3,(H,33,37)/t27-/m0/s1. The highest BCUT2D eigenvalue weighted by Gasteiger charge is 2.34. The van der Waals surface area contributed by atoms with Gasteiger partial charge in [0.15, 0.2) is 0 Å². The first-order valence-corrected chi connectivity index (χ1v) is 15.4. The van der Waals surface area contributed by atoms with Gasteiger partial charge in [0.1, 0.15) is 12.6 Å². The lowest BCUT2D eigenvalue weighted by Gasteiger charge is -2.34. The molecular weight excluding hydrogens is 569 g/mol. The number of nitrogens with one attached hydrogen (secondary N) is 1. The van der Waals surface area contributed by atoms with E-state index in [1.165, 1.54) is 17.0 Å². The molecule has 0 aliphatic carbocycles. The Morgan fingerprint density at radius 1 is 0.900 bits per heavy atom. The molecule has 3 rings (SSSR count). The van der Waals surface area contributed by atoms with E-state index in [1.54, 1.807) is 48.5 Å². The highest BCUT2D eigenvalue weighted by atomic mass is 35.5. The molecule has 0 radical (unpaired) electrons. The van der Waals surface area contributed by atoms with Gasteiger partial charge in [0, 0.05) is 12.6 Å². The zero-order valence-electron chi connectivity index (χ0n) is 23.1. The van der Waals surface area contributed by atoms with Gasteiger partial charge in [0.05, 0.1) is 20.6 Å². The fourth-order valence-electron chi connectivity index (χ4n) is 4.42. The molecule has 2 amide bonds. The third kappa shape index (κ3) is 7.56. The number of aryl methyl sites for hydroxylation is 1. The lowest BCUT2D eigenvalue weighted by Crippen LogP contribution is -2.53. The van der Waals surface area contributed by atoms with Gasteiger partial charge in [-0.15, -0.1) is 0 Å². The monoisotopic (exact) mass is 603 g/mol. The number of carbonyl (C=O) groups is 2. The Hall–Kier alpha value is -3.07.